The van der Waals surface area contributed by atoms with E-state index in [1.54, 1.807) is 23.1 Å². The molecular formula is C26H25N3O3S. The van der Waals surface area contributed by atoms with Gasteiger partial charge < -0.3 is 15.0 Å². The molecule has 3 aromatic carbocycles. The zero-order chi connectivity index (χ0) is 23.2. The first-order chi connectivity index (χ1) is 16.0. The van der Waals surface area contributed by atoms with Crippen LogP contribution in [0, 0.1) is 0 Å². The number of rotatable bonds is 7. The quantitative estimate of drug-likeness (QED) is 0.378. The number of unbranched alkanes of at least 4 members (excludes halogenated alkanes) is 1. The molecule has 1 aliphatic heterocycles. The number of ether oxygens (including phenoxy) is 1. The summed E-state index contributed by atoms with van der Waals surface area (Å²) in [4.78, 5) is 26.9. The van der Waals surface area contributed by atoms with E-state index in [1.165, 1.54) is 0 Å². The van der Waals surface area contributed by atoms with E-state index in [9.17, 15) is 9.59 Å². The molecule has 0 atom stereocenters. The van der Waals surface area contributed by atoms with E-state index in [4.69, 9.17) is 17.0 Å². The molecule has 7 heteroatoms. The van der Waals surface area contributed by atoms with Crippen molar-refractivity contribution in [2.45, 2.75) is 26.3 Å². The second-order valence-corrected chi connectivity index (χ2v) is 8.14. The number of thiocarbonyl (C=S) groups is 1. The average Bonchev–Trinajstić information content (AvgIpc) is 3.16. The van der Waals surface area contributed by atoms with Crippen molar-refractivity contribution in [2.24, 2.45) is 0 Å². The minimum absolute atomic E-state index is 0.00463. The summed E-state index contributed by atoms with van der Waals surface area (Å²) in [6, 6.07) is 22.0. The summed E-state index contributed by atoms with van der Waals surface area (Å²) in [5, 5.41) is 5.89. The molecule has 4 rings (SSSR count). The van der Waals surface area contributed by atoms with Gasteiger partial charge in [0.25, 0.3) is 11.8 Å². The predicted octanol–water partition coefficient (Wildman–Crippen LogP) is 5.15. The highest BCUT2D eigenvalue weighted by molar-refractivity contribution is 7.80. The number of nitrogens with zero attached hydrogens (tertiary/aromatic N) is 1. The van der Waals surface area contributed by atoms with Gasteiger partial charge in [0.15, 0.2) is 5.11 Å². The van der Waals surface area contributed by atoms with Crippen LogP contribution in [0.3, 0.4) is 0 Å². The predicted molar refractivity (Wildman–Crippen MR) is 134 cm³/mol. The van der Waals surface area contributed by atoms with E-state index in [-0.39, 0.29) is 16.9 Å². The number of carbonyl (C=O) groups is 2. The van der Waals surface area contributed by atoms with Gasteiger partial charge in [-0.3, -0.25) is 14.9 Å². The monoisotopic (exact) mass is 459 g/mol. The van der Waals surface area contributed by atoms with Crippen molar-refractivity contribution in [3.63, 3.8) is 0 Å². The summed E-state index contributed by atoms with van der Waals surface area (Å²) in [7, 11) is 0. The number of nitrogens with one attached hydrogen (secondary N) is 2. The third-order valence-electron chi connectivity index (χ3n) is 5.35. The van der Waals surface area contributed by atoms with Crippen molar-refractivity contribution < 1.29 is 14.3 Å². The summed E-state index contributed by atoms with van der Waals surface area (Å²) < 4.78 is 5.66. The molecule has 168 valence electrons. The highest BCUT2D eigenvalue weighted by atomic mass is 32.1. The smallest absolute Gasteiger partial charge is 0.258 e. The summed E-state index contributed by atoms with van der Waals surface area (Å²) in [6.45, 7) is 3.27. The average molecular weight is 460 g/mol. The fourth-order valence-electron chi connectivity index (χ4n) is 3.59. The van der Waals surface area contributed by atoms with E-state index in [0.717, 1.165) is 29.7 Å². The number of amides is 2. The second kappa shape index (κ2) is 10.3. The third-order valence-corrected chi connectivity index (χ3v) is 5.55. The Kier molecular flexibility index (Phi) is 7.00. The van der Waals surface area contributed by atoms with E-state index in [0.29, 0.717) is 30.2 Å². The molecule has 0 saturated heterocycles. The molecule has 1 heterocycles. The van der Waals surface area contributed by atoms with Crippen molar-refractivity contribution in [1.82, 2.24) is 5.32 Å². The molecule has 0 unspecified atom stereocenters. The normalized spacial score (nSPS) is 12.3. The van der Waals surface area contributed by atoms with Crippen LogP contribution in [0.4, 0.5) is 11.4 Å². The molecule has 0 aliphatic carbocycles. The van der Waals surface area contributed by atoms with Gasteiger partial charge in [0.05, 0.1) is 13.2 Å². The lowest BCUT2D eigenvalue weighted by Gasteiger charge is -2.17. The molecule has 0 radical (unpaired) electrons. The molecule has 3 aromatic rings. The van der Waals surface area contributed by atoms with Crippen LogP contribution in [0.5, 0.6) is 5.75 Å². The number of benzene rings is 3. The topological polar surface area (TPSA) is 70.7 Å². The van der Waals surface area contributed by atoms with Crippen LogP contribution in [0.15, 0.2) is 72.8 Å². The summed E-state index contributed by atoms with van der Waals surface area (Å²) in [5.41, 5.74) is 3.74. The van der Waals surface area contributed by atoms with Crippen LogP contribution in [0.25, 0.3) is 0 Å². The van der Waals surface area contributed by atoms with Crippen LogP contribution in [0.1, 0.15) is 46.0 Å². The maximum absolute atomic E-state index is 12.6. The van der Waals surface area contributed by atoms with Crippen LogP contribution >= 0.6 is 12.2 Å². The number of carbonyl (C=O) groups excluding carboxylic acids is 2. The minimum Gasteiger partial charge on any atom is -0.494 e. The van der Waals surface area contributed by atoms with Gasteiger partial charge in [0.2, 0.25) is 0 Å². The van der Waals surface area contributed by atoms with Crippen LogP contribution in [0.2, 0.25) is 0 Å². The molecule has 0 bridgehead atoms. The highest BCUT2D eigenvalue weighted by Crippen LogP contribution is 2.28. The second-order valence-electron chi connectivity index (χ2n) is 7.73. The maximum Gasteiger partial charge on any atom is 0.258 e. The molecule has 0 aromatic heterocycles. The molecule has 33 heavy (non-hydrogen) atoms. The van der Waals surface area contributed by atoms with Gasteiger partial charge in [-0.25, -0.2) is 0 Å². The van der Waals surface area contributed by atoms with Gasteiger partial charge in [0, 0.05) is 22.5 Å². The van der Waals surface area contributed by atoms with Gasteiger partial charge in [-0.1, -0.05) is 37.6 Å². The Morgan fingerprint density at radius 2 is 1.85 bits per heavy atom. The molecule has 2 N–H and O–H groups in total. The first-order valence-electron chi connectivity index (χ1n) is 10.9. The molecule has 6 nitrogen and oxygen atoms in total. The fraction of sp³-hybridized carbons (Fsp3) is 0.192. The van der Waals surface area contributed by atoms with Crippen molar-refractivity contribution in [1.29, 1.82) is 0 Å². The zero-order valence-electron chi connectivity index (χ0n) is 18.3. The maximum atomic E-state index is 12.6. The number of hydrogen-bond donors (Lipinski definition) is 2. The van der Waals surface area contributed by atoms with Gasteiger partial charge in [-0.05, 0) is 72.7 Å². The lowest BCUT2D eigenvalue weighted by Crippen LogP contribution is -2.34. The zero-order valence-corrected chi connectivity index (χ0v) is 19.2. The van der Waals surface area contributed by atoms with Gasteiger partial charge in [-0.15, -0.1) is 0 Å². The van der Waals surface area contributed by atoms with E-state index >= 15 is 0 Å². The summed E-state index contributed by atoms with van der Waals surface area (Å²) >= 11 is 5.30. The Morgan fingerprint density at radius 3 is 2.61 bits per heavy atom. The number of anilines is 2. The molecule has 0 saturated carbocycles. The molecule has 0 spiro atoms. The van der Waals surface area contributed by atoms with E-state index in [1.807, 2.05) is 54.6 Å². The molecular weight excluding hydrogens is 434 g/mol. The SMILES string of the molecule is CCCCOc1cccc(C(=O)NC(=S)Nc2ccc(N3Cc4ccccc4C3=O)cc2)c1. The van der Waals surface area contributed by atoms with Crippen LogP contribution in [-0.2, 0) is 6.54 Å². The first-order valence-corrected chi connectivity index (χ1v) is 11.3. The van der Waals surface area contributed by atoms with E-state index in [2.05, 4.69) is 17.6 Å². The number of hydrogen-bond acceptors (Lipinski definition) is 4. The Labute approximate surface area is 198 Å². The Morgan fingerprint density at radius 1 is 1.06 bits per heavy atom. The summed E-state index contributed by atoms with van der Waals surface area (Å²) in [6.07, 6.45) is 2.01. The molecule has 0 fully saturated rings. The third kappa shape index (κ3) is 5.38. The van der Waals surface area contributed by atoms with Crippen LogP contribution < -0.4 is 20.3 Å². The Balaban J connectivity index is 1.33. The van der Waals surface area contributed by atoms with Gasteiger partial charge >= 0.3 is 0 Å². The van der Waals surface area contributed by atoms with Crippen molar-refractivity contribution in [2.75, 3.05) is 16.8 Å². The number of fused-ring (bicyclic) bond motifs is 1. The highest BCUT2D eigenvalue weighted by Gasteiger charge is 2.27. The Bertz CT molecular complexity index is 1180. The lowest BCUT2D eigenvalue weighted by atomic mass is 10.1. The van der Waals surface area contributed by atoms with Gasteiger partial charge in [-0.2, -0.15) is 0 Å². The van der Waals surface area contributed by atoms with Gasteiger partial charge in [0.1, 0.15) is 5.75 Å². The minimum atomic E-state index is -0.314. The van der Waals surface area contributed by atoms with Crippen molar-refractivity contribution in [3.05, 3.63) is 89.5 Å². The Hall–Kier alpha value is -3.71. The van der Waals surface area contributed by atoms with Crippen molar-refractivity contribution in [3.8, 4) is 5.75 Å². The summed E-state index contributed by atoms with van der Waals surface area (Å²) in [5.74, 6) is 0.338. The standard InChI is InChI=1S/C26H25N3O3S/c1-2-3-15-32-22-9-6-8-18(16-22)24(30)28-26(33)27-20-11-13-21(14-12-20)29-17-19-7-4-5-10-23(19)25(29)31/h4-14,16H,2-3,15,17H2,1H3,(H2,27,28,30,33). The first kappa shape index (κ1) is 22.5. The largest absolute Gasteiger partial charge is 0.494 e. The molecule has 2 amide bonds. The van der Waals surface area contributed by atoms with Crippen molar-refractivity contribution >= 4 is 40.5 Å². The van der Waals surface area contributed by atoms with E-state index < -0.39 is 0 Å². The fourth-order valence-corrected chi connectivity index (χ4v) is 3.80. The molecule has 1 aliphatic rings. The lowest BCUT2D eigenvalue weighted by molar-refractivity contribution is 0.0974. The van der Waals surface area contributed by atoms with Crippen LogP contribution in [-0.4, -0.2) is 23.5 Å².